The van der Waals surface area contributed by atoms with Gasteiger partial charge in [-0.1, -0.05) is 12.1 Å². The maximum absolute atomic E-state index is 12.1. The molecule has 0 aromatic heterocycles. The Kier molecular flexibility index (Phi) is 6.11. The van der Waals surface area contributed by atoms with Crippen molar-refractivity contribution < 1.29 is 23.8 Å². The normalized spacial score (nSPS) is 12.2. The Hall–Kier alpha value is -3.55. The summed E-state index contributed by atoms with van der Waals surface area (Å²) in [7, 11) is 0. The smallest absolute Gasteiger partial charge is 0.259 e. The highest BCUT2D eigenvalue weighted by molar-refractivity contribution is 5.97. The second kappa shape index (κ2) is 8.90. The second-order valence-corrected chi connectivity index (χ2v) is 6.28. The molecule has 0 unspecified atom stereocenters. The Bertz CT molecular complexity index is 895. The summed E-state index contributed by atoms with van der Waals surface area (Å²) in [5.74, 6) is 0.981. The van der Waals surface area contributed by atoms with Crippen molar-refractivity contribution in [2.24, 2.45) is 5.10 Å². The molecule has 0 spiro atoms. The van der Waals surface area contributed by atoms with Crippen LogP contribution in [0.2, 0.25) is 0 Å². The number of hydrogen-bond donors (Lipinski definition) is 2. The SMILES string of the molecule is CC(C)Oc1cccc(/C=N\NC(=O)CNC(=O)c2ccc3c(c2)OCO3)c1. The van der Waals surface area contributed by atoms with Crippen molar-refractivity contribution in [1.29, 1.82) is 0 Å². The predicted molar refractivity (Wildman–Crippen MR) is 103 cm³/mol. The molecule has 2 aromatic rings. The zero-order chi connectivity index (χ0) is 19.9. The van der Waals surface area contributed by atoms with E-state index in [0.29, 0.717) is 17.1 Å². The molecule has 8 heteroatoms. The third-order valence-electron chi connectivity index (χ3n) is 3.68. The van der Waals surface area contributed by atoms with E-state index in [-0.39, 0.29) is 19.4 Å². The van der Waals surface area contributed by atoms with Gasteiger partial charge >= 0.3 is 0 Å². The fraction of sp³-hybridized carbons (Fsp3) is 0.250. The van der Waals surface area contributed by atoms with Gasteiger partial charge in [-0.3, -0.25) is 9.59 Å². The minimum atomic E-state index is -0.445. The van der Waals surface area contributed by atoms with Crippen LogP contribution in [0, 0.1) is 0 Å². The molecule has 0 saturated heterocycles. The van der Waals surface area contributed by atoms with Gasteiger partial charge in [0, 0.05) is 5.56 Å². The van der Waals surface area contributed by atoms with E-state index in [4.69, 9.17) is 14.2 Å². The maximum Gasteiger partial charge on any atom is 0.259 e. The van der Waals surface area contributed by atoms with Crippen LogP contribution < -0.4 is 25.0 Å². The van der Waals surface area contributed by atoms with Crippen molar-refractivity contribution in [2.45, 2.75) is 20.0 Å². The number of hydrazone groups is 1. The van der Waals surface area contributed by atoms with E-state index in [1.807, 2.05) is 38.1 Å². The molecule has 1 heterocycles. The summed E-state index contributed by atoms with van der Waals surface area (Å²) in [5.41, 5.74) is 3.53. The van der Waals surface area contributed by atoms with Gasteiger partial charge in [0.1, 0.15) is 5.75 Å². The zero-order valence-electron chi connectivity index (χ0n) is 15.6. The minimum Gasteiger partial charge on any atom is -0.491 e. The number of nitrogens with zero attached hydrogens (tertiary/aromatic N) is 1. The zero-order valence-corrected chi connectivity index (χ0v) is 15.6. The number of fused-ring (bicyclic) bond motifs is 1. The summed E-state index contributed by atoms with van der Waals surface area (Å²) >= 11 is 0. The molecule has 0 atom stereocenters. The molecule has 3 rings (SSSR count). The molecule has 146 valence electrons. The topological polar surface area (TPSA) is 98.2 Å². The van der Waals surface area contributed by atoms with Crippen molar-refractivity contribution in [3.05, 3.63) is 53.6 Å². The monoisotopic (exact) mass is 383 g/mol. The summed E-state index contributed by atoms with van der Waals surface area (Å²) in [6.45, 7) is 3.81. The number of carbonyl (C=O) groups excluding carboxylic acids is 2. The maximum atomic E-state index is 12.1. The number of hydrogen-bond acceptors (Lipinski definition) is 6. The fourth-order valence-corrected chi connectivity index (χ4v) is 2.46. The summed E-state index contributed by atoms with van der Waals surface area (Å²) in [5, 5.41) is 6.42. The minimum absolute atomic E-state index is 0.0697. The summed E-state index contributed by atoms with van der Waals surface area (Å²) in [6, 6.07) is 12.2. The number of carbonyl (C=O) groups is 2. The van der Waals surface area contributed by atoms with Crippen LogP contribution in [0.5, 0.6) is 17.2 Å². The van der Waals surface area contributed by atoms with E-state index in [1.165, 1.54) is 6.21 Å². The van der Waals surface area contributed by atoms with Crippen LogP contribution in [0.25, 0.3) is 0 Å². The van der Waals surface area contributed by atoms with Crippen molar-refractivity contribution >= 4 is 18.0 Å². The second-order valence-electron chi connectivity index (χ2n) is 6.28. The van der Waals surface area contributed by atoms with E-state index >= 15 is 0 Å². The van der Waals surface area contributed by atoms with E-state index in [0.717, 1.165) is 11.3 Å². The third kappa shape index (κ3) is 5.23. The largest absolute Gasteiger partial charge is 0.491 e. The number of benzene rings is 2. The Balaban J connectivity index is 1.46. The lowest BCUT2D eigenvalue weighted by atomic mass is 10.2. The van der Waals surface area contributed by atoms with Crippen molar-refractivity contribution in [3.8, 4) is 17.2 Å². The Labute approximate surface area is 162 Å². The number of ether oxygens (including phenoxy) is 3. The van der Waals surface area contributed by atoms with Crippen LogP contribution in [-0.2, 0) is 4.79 Å². The molecular weight excluding hydrogens is 362 g/mol. The first kappa shape index (κ1) is 19.2. The molecule has 2 N–H and O–H groups in total. The molecular formula is C20H21N3O5. The Morgan fingerprint density at radius 1 is 1.18 bits per heavy atom. The number of amides is 2. The van der Waals surface area contributed by atoms with Gasteiger partial charge in [0.15, 0.2) is 11.5 Å². The highest BCUT2D eigenvalue weighted by atomic mass is 16.7. The lowest BCUT2D eigenvalue weighted by Gasteiger charge is -2.09. The van der Waals surface area contributed by atoms with Crippen LogP contribution in [0.3, 0.4) is 0 Å². The van der Waals surface area contributed by atoms with Crippen molar-refractivity contribution in [2.75, 3.05) is 13.3 Å². The van der Waals surface area contributed by atoms with Gasteiger partial charge in [-0.25, -0.2) is 5.43 Å². The molecule has 8 nitrogen and oxygen atoms in total. The average Bonchev–Trinajstić information content (AvgIpc) is 3.13. The molecule has 0 radical (unpaired) electrons. The molecule has 2 aromatic carbocycles. The molecule has 1 aliphatic rings. The lowest BCUT2D eigenvalue weighted by Crippen LogP contribution is -2.34. The quantitative estimate of drug-likeness (QED) is 0.563. The molecule has 2 amide bonds. The summed E-state index contributed by atoms with van der Waals surface area (Å²) in [4.78, 5) is 24.0. The van der Waals surface area contributed by atoms with E-state index in [1.54, 1.807) is 18.2 Å². The van der Waals surface area contributed by atoms with Gasteiger partial charge in [0.05, 0.1) is 18.9 Å². The van der Waals surface area contributed by atoms with Crippen LogP contribution >= 0.6 is 0 Å². The molecule has 28 heavy (non-hydrogen) atoms. The molecule has 0 fully saturated rings. The number of nitrogens with one attached hydrogen (secondary N) is 2. The predicted octanol–water partition coefficient (Wildman–Crippen LogP) is 2.08. The van der Waals surface area contributed by atoms with Gasteiger partial charge < -0.3 is 19.5 Å². The first-order chi connectivity index (χ1) is 13.5. The molecule has 1 aliphatic heterocycles. The van der Waals surface area contributed by atoms with Gasteiger partial charge in [0.2, 0.25) is 6.79 Å². The third-order valence-corrected chi connectivity index (χ3v) is 3.68. The van der Waals surface area contributed by atoms with Crippen LogP contribution in [0.15, 0.2) is 47.6 Å². The van der Waals surface area contributed by atoms with E-state index < -0.39 is 11.8 Å². The van der Waals surface area contributed by atoms with Crippen LogP contribution in [-0.4, -0.2) is 37.5 Å². The Morgan fingerprint density at radius 3 is 2.82 bits per heavy atom. The standard InChI is InChI=1S/C20H21N3O5/c1-13(2)28-16-5-3-4-14(8-16)10-22-23-19(24)11-21-20(25)15-6-7-17-18(9-15)27-12-26-17/h3-10,13H,11-12H2,1-2H3,(H,21,25)(H,23,24)/b22-10-. The van der Waals surface area contributed by atoms with Gasteiger partial charge in [-0.15, -0.1) is 0 Å². The van der Waals surface area contributed by atoms with Crippen LogP contribution in [0.4, 0.5) is 0 Å². The van der Waals surface area contributed by atoms with Gasteiger partial charge in [-0.05, 0) is 49.7 Å². The fourth-order valence-electron chi connectivity index (χ4n) is 2.46. The number of rotatable bonds is 7. The highest BCUT2D eigenvalue weighted by Crippen LogP contribution is 2.32. The van der Waals surface area contributed by atoms with Gasteiger partial charge in [-0.2, -0.15) is 5.10 Å². The van der Waals surface area contributed by atoms with Crippen LogP contribution in [0.1, 0.15) is 29.8 Å². The molecule has 0 aliphatic carbocycles. The lowest BCUT2D eigenvalue weighted by molar-refractivity contribution is -0.120. The van der Waals surface area contributed by atoms with Crippen molar-refractivity contribution in [3.63, 3.8) is 0 Å². The van der Waals surface area contributed by atoms with Gasteiger partial charge in [0.25, 0.3) is 11.8 Å². The average molecular weight is 383 g/mol. The van der Waals surface area contributed by atoms with E-state index in [9.17, 15) is 9.59 Å². The summed E-state index contributed by atoms with van der Waals surface area (Å²) < 4.78 is 16.0. The summed E-state index contributed by atoms with van der Waals surface area (Å²) in [6.07, 6.45) is 1.57. The van der Waals surface area contributed by atoms with E-state index in [2.05, 4.69) is 15.8 Å². The Morgan fingerprint density at radius 2 is 2.00 bits per heavy atom. The first-order valence-electron chi connectivity index (χ1n) is 8.78. The van der Waals surface area contributed by atoms with Crippen molar-refractivity contribution in [1.82, 2.24) is 10.7 Å². The highest BCUT2D eigenvalue weighted by Gasteiger charge is 2.16. The molecule has 0 bridgehead atoms. The molecule has 0 saturated carbocycles. The first-order valence-corrected chi connectivity index (χ1v) is 8.78.